The van der Waals surface area contributed by atoms with Crippen LogP contribution in [-0.2, 0) is 0 Å². The summed E-state index contributed by atoms with van der Waals surface area (Å²) in [5.41, 5.74) is 4.12. The first-order valence-corrected chi connectivity index (χ1v) is 5.60. The third kappa shape index (κ3) is 1.03. The predicted octanol–water partition coefficient (Wildman–Crippen LogP) is 2.85. The SMILES string of the molecule is Cc1nc(C)c2c(n1)C1CCCC2C1. The van der Waals surface area contributed by atoms with Gasteiger partial charge in [0.2, 0.25) is 0 Å². The minimum absolute atomic E-state index is 0.754. The minimum Gasteiger partial charge on any atom is -0.238 e. The van der Waals surface area contributed by atoms with Gasteiger partial charge in [-0.05, 0) is 44.6 Å². The van der Waals surface area contributed by atoms with Gasteiger partial charge in [-0.1, -0.05) is 6.42 Å². The van der Waals surface area contributed by atoms with Crippen LogP contribution < -0.4 is 0 Å². The van der Waals surface area contributed by atoms with Gasteiger partial charge in [-0.25, -0.2) is 9.97 Å². The lowest BCUT2D eigenvalue weighted by molar-refractivity contribution is 0.432. The lowest BCUT2D eigenvalue weighted by Gasteiger charge is -2.17. The summed E-state index contributed by atoms with van der Waals surface area (Å²) in [6.07, 6.45) is 5.43. The Labute approximate surface area is 84.8 Å². The summed E-state index contributed by atoms with van der Waals surface area (Å²) >= 11 is 0. The molecule has 1 aromatic rings. The summed E-state index contributed by atoms with van der Waals surface area (Å²) in [6, 6.07) is 0. The fourth-order valence-corrected chi connectivity index (χ4v) is 3.26. The van der Waals surface area contributed by atoms with Gasteiger partial charge in [0.1, 0.15) is 5.82 Å². The third-order valence-corrected chi connectivity index (χ3v) is 3.75. The number of hydrogen-bond donors (Lipinski definition) is 0. The molecule has 0 saturated heterocycles. The molecule has 0 radical (unpaired) electrons. The molecule has 2 heteroatoms. The second-order valence-electron chi connectivity index (χ2n) is 4.72. The van der Waals surface area contributed by atoms with Crippen LogP contribution in [0.4, 0.5) is 0 Å². The molecule has 2 unspecified atom stereocenters. The standard InChI is InChI=1S/C12H16N2/c1-7-11-9-4-3-5-10(6-9)12(11)14-8(2)13-7/h9-10H,3-6H2,1-2H3. The van der Waals surface area contributed by atoms with E-state index in [0.717, 1.165) is 17.7 Å². The van der Waals surface area contributed by atoms with Gasteiger partial charge in [0.05, 0.1) is 5.69 Å². The van der Waals surface area contributed by atoms with Crippen molar-refractivity contribution in [3.63, 3.8) is 0 Å². The summed E-state index contributed by atoms with van der Waals surface area (Å²) in [4.78, 5) is 9.14. The first-order chi connectivity index (χ1) is 6.75. The van der Waals surface area contributed by atoms with Gasteiger partial charge in [0.25, 0.3) is 0 Å². The molecule has 1 fully saturated rings. The Bertz CT molecular complexity index is 384. The fraction of sp³-hybridized carbons (Fsp3) is 0.667. The monoisotopic (exact) mass is 188 g/mol. The summed E-state index contributed by atoms with van der Waals surface area (Å²) in [5.74, 6) is 2.49. The number of fused-ring (bicyclic) bond motifs is 5. The van der Waals surface area contributed by atoms with Crippen molar-refractivity contribution in [2.45, 2.75) is 51.4 Å². The molecule has 0 N–H and O–H groups in total. The molecule has 0 amide bonds. The molecular formula is C12H16N2. The van der Waals surface area contributed by atoms with E-state index in [9.17, 15) is 0 Å². The van der Waals surface area contributed by atoms with Crippen molar-refractivity contribution in [1.29, 1.82) is 0 Å². The molecule has 74 valence electrons. The maximum atomic E-state index is 4.65. The van der Waals surface area contributed by atoms with Crippen LogP contribution in [0.5, 0.6) is 0 Å². The van der Waals surface area contributed by atoms with Crippen molar-refractivity contribution < 1.29 is 0 Å². The summed E-state index contributed by atoms with van der Waals surface area (Å²) < 4.78 is 0. The number of hydrogen-bond acceptors (Lipinski definition) is 2. The van der Waals surface area contributed by atoms with Crippen molar-refractivity contribution in [3.8, 4) is 0 Å². The van der Waals surface area contributed by atoms with E-state index in [2.05, 4.69) is 16.9 Å². The fourth-order valence-electron chi connectivity index (χ4n) is 3.26. The molecule has 1 heterocycles. The second-order valence-corrected chi connectivity index (χ2v) is 4.72. The zero-order chi connectivity index (χ0) is 9.71. The smallest absolute Gasteiger partial charge is 0.125 e. The zero-order valence-corrected chi connectivity index (χ0v) is 8.88. The highest BCUT2D eigenvalue weighted by atomic mass is 14.9. The largest absolute Gasteiger partial charge is 0.238 e. The van der Waals surface area contributed by atoms with Crippen LogP contribution in [-0.4, -0.2) is 9.97 Å². The van der Waals surface area contributed by atoms with Crippen molar-refractivity contribution in [2.24, 2.45) is 0 Å². The number of aryl methyl sites for hydroxylation is 2. The van der Waals surface area contributed by atoms with E-state index in [1.165, 1.54) is 42.6 Å². The highest BCUT2D eigenvalue weighted by Crippen LogP contribution is 2.50. The van der Waals surface area contributed by atoms with Crippen molar-refractivity contribution in [3.05, 3.63) is 22.8 Å². The number of rotatable bonds is 0. The highest BCUT2D eigenvalue weighted by Gasteiger charge is 2.36. The Balaban J connectivity index is 2.21. The van der Waals surface area contributed by atoms with E-state index in [1.807, 2.05) is 6.92 Å². The topological polar surface area (TPSA) is 25.8 Å². The molecule has 14 heavy (non-hydrogen) atoms. The molecule has 3 rings (SSSR count). The molecule has 0 spiro atoms. The molecular weight excluding hydrogens is 172 g/mol. The van der Waals surface area contributed by atoms with Gasteiger partial charge in [0, 0.05) is 11.6 Å². The molecule has 0 aromatic carbocycles. The molecule has 2 aliphatic carbocycles. The van der Waals surface area contributed by atoms with E-state index in [0.29, 0.717) is 0 Å². The number of nitrogens with zero attached hydrogens (tertiary/aromatic N) is 2. The van der Waals surface area contributed by atoms with Gasteiger partial charge in [-0.15, -0.1) is 0 Å². The highest BCUT2D eigenvalue weighted by molar-refractivity contribution is 5.37. The molecule has 2 atom stereocenters. The molecule has 1 aromatic heterocycles. The van der Waals surface area contributed by atoms with Gasteiger partial charge in [0.15, 0.2) is 0 Å². The van der Waals surface area contributed by atoms with E-state index in [4.69, 9.17) is 0 Å². The molecule has 2 aliphatic rings. The number of aromatic nitrogens is 2. The molecule has 2 nitrogen and oxygen atoms in total. The average Bonchev–Trinajstić information content (AvgIpc) is 2.39. The second kappa shape index (κ2) is 2.78. The van der Waals surface area contributed by atoms with E-state index >= 15 is 0 Å². The predicted molar refractivity (Wildman–Crippen MR) is 55.5 cm³/mol. The lowest BCUT2D eigenvalue weighted by Crippen LogP contribution is -2.02. The molecule has 1 saturated carbocycles. The Morgan fingerprint density at radius 2 is 1.86 bits per heavy atom. The van der Waals surface area contributed by atoms with Crippen molar-refractivity contribution in [2.75, 3.05) is 0 Å². The summed E-state index contributed by atoms with van der Waals surface area (Å²) in [7, 11) is 0. The van der Waals surface area contributed by atoms with E-state index in [1.54, 1.807) is 0 Å². The first-order valence-electron chi connectivity index (χ1n) is 5.60. The van der Waals surface area contributed by atoms with Gasteiger partial charge < -0.3 is 0 Å². The first kappa shape index (κ1) is 8.39. The van der Waals surface area contributed by atoms with Crippen LogP contribution in [0.1, 0.15) is 60.3 Å². The Kier molecular flexibility index (Phi) is 1.67. The van der Waals surface area contributed by atoms with Gasteiger partial charge in [-0.2, -0.15) is 0 Å². The van der Waals surface area contributed by atoms with E-state index < -0.39 is 0 Å². The average molecular weight is 188 g/mol. The minimum atomic E-state index is 0.754. The maximum absolute atomic E-state index is 4.65. The quantitative estimate of drug-likeness (QED) is 0.625. The maximum Gasteiger partial charge on any atom is 0.125 e. The third-order valence-electron chi connectivity index (χ3n) is 3.75. The van der Waals surface area contributed by atoms with Crippen LogP contribution in [0.3, 0.4) is 0 Å². The van der Waals surface area contributed by atoms with Crippen LogP contribution in [0.25, 0.3) is 0 Å². The summed E-state index contributed by atoms with van der Waals surface area (Å²) in [5, 5.41) is 0. The van der Waals surface area contributed by atoms with Crippen molar-refractivity contribution >= 4 is 0 Å². The Hall–Kier alpha value is -0.920. The van der Waals surface area contributed by atoms with Crippen LogP contribution >= 0.6 is 0 Å². The van der Waals surface area contributed by atoms with Gasteiger partial charge in [-0.3, -0.25) is 0 Å². The lowest BCUT2D eigenvalue weighted by atomic mass is 9.87. The molecule has 2 bridgehead atoms. The van der Waals surface area contributed by atoms with E-state index in [-0.39, 0.29) is 0 Å². The Morgan fingerprint density at radius 3 is 2.71 bits per heavy atom. The molecule has 0 aliphatic heterocycles. The van der Waals surface area contributed by atoms with Gasteiger partial charge >= 0.3 is 0 Å². The van der Waals surface area contributed by atoms with Crippen LogP contribution in [0, 0.1) is 13.8 Å². The normalized spacial score (nSPS) is 29.0. The van der Waals surface area contributed by atoms with Crippen LogP contribution in [0.15, 0.2) is 0 Å². The Morgan fingerprint density at radius 1 is 1.07 bits per heavy atom. The summed E-state index contributed by atoms with van der Waals surface area (Å²) in [6.45, 7) is 4.16. The zero-order valence-electron chi connectivity index (χ0n) is 8.88. The van der Waals surface area contributed by atoms with Crippen LogP contribution in [0.2, 0.25) is 0 Å². The van der Waals surface area contributed by atoms with Crippen molar-refractivity contribution in [1.82, 2.24) is 9.97 Å².